The van der Waals surface area contributed by atoms with Gasteiger partial charge in [-0.05, 0) is 48.2 Å². The number of hydrogen-bond donors (Lipinski definition) is 3. The lowest BCUT2D eigenvalue weighted by Gasteiger charge is -2.18. The van der Waals surface area contributed by atoms with Crippen LogP contribution in [0.3, 0.4) is 0 Å². The van der Waals surface area contributed by atoms with Crippen molar-refractivity contribution in [2.75, 3.05) is 6.54 Å². The molecule has 0 saturated heterocycles. The fourth-order valence-corrected chi connectivity index (χ4v) is 1.60. The molecule has 6 nitrogen and oxygen atoms in total. The van der Waals surface area contributed by atoms with Crippen LogP contribution in [-0.2, 0) is 0 Å². The lowest BCUT2D eigenvalue weighted by molar-refractivity contribution is 0.0243. The van der Waals surface area contributed by atoms with E-state index in [1.54, 1.807) is 26.0 Å². The van der Waals surface area contributed by atoms with Gasteiger partial charge in [-0.3, -0.25) is 0 Å². The summed E-state index contributed by atoms with van der Waals surface area (Å²) in [4.78, 5) is 2.51. The average Bonchev–Trinajstić information content (AvgIpc) is 2.31. The summed E-state index contributed by atoms with van der Waals surface area (Å²) in [7, 11) is 0. The van der Waals surface area contributed by atoms with Crippen molar-refractivity contribution in [2.45, 2.75) is 26.1 Å². The Kier molecular flexibility index (Phi) is 4.34. The molecule has 1 aromatic rings. The van der Waals surface area contributed by atoms with Gasteiger partial charge in [0.1, 0.15) is 11.9 Å². The molecule has 0 saturated carbocycles. The fourth-order valence-electron chi connectivity index (χ4n) is 1.60. The number of aromatic hydroxyl groups is 1. The van der Waals surface area contributed by atoms with Crippen LogP contribution in [-0.4, -0.2) is 28.0 Å². The van der Waals surface area contributed by atoms with Crippen LogP contribution in [0.2, 0.25) is 0 Å². The number of nitrogens with zero attached hydrogens (tertiary/aromatic N) is 3. The maximum atomic E-state index is 9.84. The Hall–Kier alpha value is -1.75. The quantitative estimate of drug-likeness (QED) is 0.421. The smallest absolute Gasteiger partial charge is 0.121 e. The normalized spacial score (nSPS) is 13.9. The highest BCUT2D eigenvalue weighted by Crippen LogP contribution is 2.27. The van der Waals surface area contributed by atoms with E-state index >= 15 is 0 Å². The minimum absolute atomic E-state index is 0.172. The van der Waals surface area contributed by atoms with E-state index in [9.17, 15) is 15.3 Å². The Morgan fingerprint density at radius 2 is 1.82 bits per heavy atom. The molecule has 1 rings (SSSR count). The average molecular weight is 237 g/mol. The van der Waals surface area contributed by atoms with E-state index in [0.717, 1.165) is 0 Å². The van der Waals surface area contributed by atoms with E-state index in [2.05, 4.69) is 10.0 Å². The van der Waals surface area contributed by atoms with Crippen LogP contribution >= 0.6 is 0 Å². The molecule has 1 aromatic carbocycles. The maximum absolute atomic E-state index is 9.84. The molecule has 3 N–H and O–H groups in total. The highest BCUT2D eigenvalue weighted by molar-refractivity contribution is 5.43. The molecule has 2 atom stereocenters. The van der Waals surface area contributed by atoms with Crippen LogP contribution in [0, 0.1) is 13.8 Å². The number of aryl methyl sites for hydroxylation is 2. The first kappa shape index (κ1) is 13.3. The topological polar surface area (TPSA) is 109 Å². The van der Waals surface area contributed by atoms with Crippen LogP contribution in [0.1, 0.15) is 22.8 Å². The first-order valence-electron chi connectivity index (χ1n) is 5.14. The predicted molar refractivity (Wildman–Crippen MR) is 62.6 cm³/mol. The highest BCUT2D eigenvalue weighted by Gasteiger charge is 2.19. The lowest BCUT2D eigenvalue weighted by Crippen LogP contribution is -2.21. The van der Waals surface area contributed by atoms with Gasteiger partial charge in [0.15, 0.2) is 0 Å². The number of phenolic OH excluding ortho intramolecular Hbond substituents is 1. The van der Waals surface area contributed by atoms with E-state index in [0.29, 0.717) is 16.7 Å². The van der Waals surface area contributed by atoms with Crippen LogP contribution in [0.25, 0.3) is 10.4 Å². The summed E-state index contributed by atoms with van der Waals surface area (Å²) in [6.45, 7) is 3.22. The van der Waals surface area contributed by atoms with Gasteiger partial charge in [-0.1, -0.05) is 5.11 Å². The molecule has 0 amide bonds. The molecule has 6 heteroatoms. The Morgan fingerprint density at radius 1 is 1.29 bits per heavy atom. The van der Waals surface area contributed by atoms with Gasteiger partial charge in [0.05, 0.1) is 12.6 Å². The Morgan fingerprint density at radius 3 is 2.29 bits per heavy atom. The van der Waals surface area contributed by atoms with Crippen molar-refractivity contribution in [3.8, 4) is 5.75 Å². The number of aliphatic hydroxyl groups excluding tert-OH is 2. The van der Waals surface area contributed by atoms with E-state index < -0.39 is 12.2 Å². The predicted octanol–water partition coefficient (Wildman–Crippen LogP) is 1.71. The number of aliphatic hydroxyl groups is 2. The van der Waals surface area contributed by atoms with Gasteiger partial charge < -0.3 is 15.3 Å². The Labute approximate surface area is 98.8 Å². The summed E-state index contributed by atoms with van der Waals surface area (Å²) in [5.41, 5.74) is 9.85. The molecule has 17 heavy (non-hydrogen) atoms. The van der Waals surface area contributed by atoms with Gasteiger partial charge in [-0.25, -0.2) is 0 Å². The molecule has 0 spiro atoms. The summed E-state index contributed by atoms with van der Waals surface area (Å²) < 4.78 is 0. The summed E-state index contributed by atoms with van der Waals surface area (Å²) in [5.74, 6) is 0.172. The second kappa shape index (κ2) is 5.54. The number of phenols is 1. The summed E-state index contributed by atoms with van der Waals surface area (Å²) in [5, 5.41) is 32.2. The Balaban J connectivity index is 2.96. The minimum atomic E-state index is -1.16. The molecular weight excluding hydrogens is 222 g/mol. The lowest BCUT2D eigenvalue weighted by atomic mass is 9.99. The molecule has 2 unspecified atom stereocenters. The van der Waals surface area contributed by atoms with Crippen molar-refractivity contribution in [1.82, 2.24) is 0 Å². The Bertz CT molecular complexity index is 432. The van der Waals surface area contributed by atoms with Gasteiger partial charge >= 0.3 is 0 Å². The summed E-state index contributed by atoms with van der Waals surface area (Å²) in [6, 6.07) is 3.18. The first-order valence-corrected chi connectivity index (χ1v) is 5.14. The third kappa shape index (κ3) is 3.10. The van der Waals surface area contributed by atoms with Crippen molar-refractivity contribution in [3.05, 3.63) is 39.3 Å². The number of rotatable bonds is 4. The fraction of sp³-hybridized carbons (Fsp3) is 0.455. The summed E-state index contributed by atoms with van der Waals surface area (Å²) >= 11 is 0. The largest absolute Gasteiger partial charge is 0.507 e. The number of benzene rings is 1. The van der Waals surface area contributed by atoms with E-state index in [1.807, 2.05) is 0 Å². The molecule has 92 valence electrons. The van der Waals surface area contributed by atoms with E-state index in [4.69, 9.17) is 5.53 Å². The van der Waals surface area contributed by atoms with Crippen LogP contribution < -0.4 is 0 Å². The van der Waals surface area contributed by atoms with Gasteiger partial charge in [0.2, 0.25) is 0 Å². The monoisotopic (exact) mass is 237 g/mol. The molecular formula is C11H15N3O3. The zero-order valence-corrected chi connectivity index (χ0v) is 9.70. The summed E-state index contributed by atoms with van der Waals surface area (Å²) in [6.07, 6.45) is -2.30. The van der Waals surface area contributed by atoms with Crippen molar-refractivity contribution in [3.63, 3.8) is 0 Å². The van der Waals surface area contributed by atoms with Crippen molar-refractivity contribution in [2.24, 2.45) is 5.11 Å². The van der Waals surface area contributed by atoms with Crippen molar-refractivity contribution >= 4 is 0 Å². The molecule has 0 aromatic heterocycles. The van der Waals surface area contributed by atoms with Gasteiger partial charge in [0.25, 0.3) is 0 Å². The van der Waals surface area contributed by atoms with E-state index in [-0.39, 0.29) is 12.3 Å². The first-order chi connectivity index (χ1) is 7.97. The second-order valence-corrected chi connectivity index (χ2v) is 3.93. The number of hydrogen-bond acceptors (Lipinski definition) is 4. The molecule has 0 heterocycles. The zero-order chi connectivity index (χ0) is 13.0. The van der Waals surface area contributed by atoms with Crippen LogP contribution in [0.4, 0.5) is 0 Å². The standard InChI is InChI=1S/C11H15N3O3/c1-6-3-8(4-7(2)10(6)16)11(17)9(15)5-13-14-12/h3-4,9,11,15-17H,5H2,1-2H3. The molecule has 0 bridgehead atoms. The molecule has 0 radical (unpaired) electrons. The SMILES string of the molecule is Cc1cc(C(O)C(O)CN=[N+]=[N-])cc(C)c1O. The molecule has 0 aliphatic rings. The zero-order valence-electron chi connectivity index (χ0n) is 9.70. The van der Waals surface area contributed by atoms with Crippen LogP contribution in [0.5, 0.6) is 5.75 Å². The molecule has 0 aliphatic carbocycles. The van der Waals surface area contributed by atoms with Gasteiger partial charge in [-0.15, -0.1) is 0 Å². The third-order valence-corrected chi connectivity index (χ3v) is 2.55. The van der Waals surface area contributed by atoms with E-state index in [1.165, 1.54) is 0 Å². The second-order valence-electron chi connectivity index (χ2n) is 3.93. The van der Waals surface area contributed by atoms with Crippen molar-refractivity contribution in [1.29, 1.82) is 0 Å². The highest BCUT2D eigenvalue weighted by atomic mass is 16.3. The minimum Gasteiger partial charge on any atom is -0.507 e. The van der Waals surface area contributed by atoms with Gasteiger partial charge in [-0.2, -0.15) is 0 Å². The van der Waals surface area contributed by atoms with Crippen LogP contribution in [0.15, 0.2) is 17.2 Å². The number of azide groups is 1. The van der Waals surface area contributed by atoms with Crippen molar-refractivity contribution < 1.29 is 15.3 Å². The third-order valence-electron chi connectivity index (χ3n) is 2.55. The molecule has 0 fully saturated rings. The molecule has 0 aliphatic heterocycles. The maximum Gasteiger partial charge on any atom is 0.121 e. The van der Waals surface area contributed by atoms with Gasteiger partial charge in [0, 0.05) is 4.91 Å².